The van der Waals surface area contributed by atoms with Gasteiger partial charge in [-0.25, -0.2) is 0 Å². The highest BCUT2D eigenvalue weighted by atomic mass is 79.9. The van der Waals surface area contributed by atoms with Gasteiger partial charge >= 0.3 is 0 Å². The first-order valence-corrected chi connectivity index (χ1v) is 7.24. The highest BCUT2D eigenvalue weighted by Crippen LogP contribution is 2.30. The highest BCUT2D eigenvalue weighted by Gasteiger charge is 2.18. The molecule has 0 radical (unpaired) electrons. The van der Waals surface area contributed by atoms with Gasteiger partial charge in [0.05, 0.1) is 4.83 Å². The Morgan fingerprint density at radius 1 is 1.41 bits per heavy atom. The summed E-state index contributed by atoms with van der Waals surface area (Å²) in [6, 6.07) is 3.70. The molecule has 0 spiro atoms. The molecule has 4 heteroatoms. The summed E-state index contributed by atoms with van der Waals surface area (Å²) in [5.41, 5.74) is 1.83. The van der Waals surface area contributed by atoms with Crippen molar-refractivity contribution in [2.24, 2.45) is 0 Å². The first-order chi connectivity index (χ1) is 7.97. The highest BCUT2D eigenvalue weighted by molar-refractivity contribution is 9.10. The molecule has 0 bridgehead atoms. The summed E-state index contributed by atoms with van der Waals surface area (Å²) in [5.74, 6) is 0.195. The van der Waals surface area contributed by atoms with Crippen molar-refractivity contribution in [3.05, 3.63) is 33.3 Å². The lowest BCUT2D eigenvalue weighted by atomic mass is 10.0. The summed E-state index contributed by atoms with van der Waals surface area (Å²) in [6.45, 7) is 3.92. The number of carbonyl (C=O) groups is 1. The molecule has 0 aliphatic rings. The first kappa shape index (κ1) is 15.0. The van der Waals surface area contributed by atoms with Gasteiger partial charge in [-0.1, -0.05) is 52.1 Å². The van der Waals surface area contributed by atoms with Gasteiger partial charge in [0.1, 0.15) is 5.78 Å². The third kappa shape index (κ3) is 3.97. The molecule has 0 aliphatic carbocycles. The molecule has 1 unspecified atom stereocenters. The molecule has 0 fully saturated rings. The van der Waals surface area contributed by atoms with Gasteiger partial charge in [-0.15, -0.1) is 0 Å². The number of aryl methyl sites for hydroxylation is 1. The van der Waals surface area contributed by atoms with Gasteiger partial charge in [-0.2, -0.15) is 0 Å². The van der Waals surface area contributed by atoms with Crippen molar-refractivity contribution in [1.82, 2.24) is 0 Å². The second-order valence-electron chi connectivity index (χ2n) is 4.04. The molecule has 1 rings (SSSR count). The van der Waals surface area contributed by atoms with Gasteiger partial charge in [0.15, 0.2) is 0 Å². The monoisotopic (exact) mass is 336 g/mol. The zero-order valence-corrected chi connectivity index (χ0v) is 13.0. The maximum Gasteiger partial charge on any atom is 0.146 e. The van der Waals surface area contributed by atoms with Crippen molar-refractivity contribution in [3.8, 4) is 0 Å². The van der Waals surface area contributed by atoms with E-state index in [0.717, 1.165) is 17.5 Å². The molecule has 0 amide bonds. The second-order valence-corrected chi connectivity index (χ2v) is 5.94. The number of alkyl halides is 1. The third-order valence-electron chi connectivity index (χ3n) is 2.61. The molecule has 1 aromatic rings. The van der Waals surface area contributed by atoms with Crippen LogP contribution in [0.1, 0.15) is 30.9 Å². The minimum absolute atomic E-state index is 0.195. The normalized spacial score (nSPS) is 12.5. The predicted molar refractivity (Wildman–Crippen MR) is 77.5 cm³/mol. The Morgan fingerprint density at radius 3 is 2.65 bits per heavy atom. The Kier molecular flexibility index (Phi) is 5.98. The van der Waals surface area contributed by atoms with Crippen LogP contribution in [0, 0.1) is 6.92 Å². The second kappa shape index (κ2) is 6.77. The van der Waals surface area contributed by atoms with Crippen LogP contribution in [0.5, 0.6) is 0 Å². The first-order valence-electron chi connectivity index (χ1n) is 5.57. The molecule has 0 aliphatic heterocycles. The van der Waals surface area contributed by atoms with Crippen LogP contribution in [0.4, 0.5) is 0 Å². The van der Waals surface area contributed by atoms with Crippen LogP contribution in [0.25, 0.3) is 0 Å². The predicted octanol–water partition coefficient (Wildman–Crippen LogP) is 4.98. The fourth-order valence-corrected chi connectivity index (χ4v) is 2.68. The number of carbonyl (C=O) groups excluding carboxylic acids is 1. The van der Waals surface area contributed by atoms with E-state index in [1.165, 1.54) is 0 Å². The standard InChI is InChI=1S/C13H15BrCl2O/c1-3-4-12(17)10(14)7-9-11(15)6-5-8(2)13(9)16/h5-6,10H,3-4,7H2,1-2H3. The van der Waals surface area contributed by atoms with Crippen LogP contribution in [0.2, 0.25) is 10.0 Å². The molecule has 1 atom stereocenters. The number of ketones is 1. The number of benzene rings is 1. The number of halogens is 3. The summed E-state index contributed by atoms with van der Waals surface area (Å²) in [7, 11) is 0. The summed E-state index contributed by atoms with van der Waals surface area (Å²) in [6.07, 6.45) is 1.98. The molecule has 0 saturated carbocycles. The summed E-state index contributed by atoms with van der Waals surface area (Å²) >= 11 is 15.7. The van der Waals surface area contributed by atoms with Crippen molar-refractivity contribution < 1.29 is 4.79 Å². The van der Waals surface area contributed by atoms with Crippen molar-refractivity contribution in [2.75, 3.05) is 0 Å². The Bertz CT molecular complexity index is 418. The van der Waals surface area contributed by atoms with Crippen LogP contribution in [0.15, 0.2) is 12.1 Å². The molecule has 0 N–H and O–H groups in total. The maximum atomic E-state index is 11.7. The Hall–Kier alpha value is -0.0500. The number of hydrogen-bond acceptors (Lipinski definition) is 1. The van der Waals surface area contributed by atoms with Gasteiger partial charge in [-0.05, 0) is 37.0 Å². The van der Waals surface area contributed by atoms with Crippen LogP contribution >= 0.6 is 39.1 Å². The Morgan fingerprint density at radius 2 is 2.06 bits per heavy atom. The van der Waals surface area contributed by atoms with Crippen molar-refractivity contribution in [3.63, 3.8) is 0 Å². The van der Waals surface area contributed by atoms with E-state index in [4.69, 9.17) is 23.2 Å². The van der Waals surface area contributed by atoms with E-state index < -0.39 is 0 Å². The van der Waals surface area contributed by atoms with E-state index in [-0.39, 0.29) is 10.6 Å². The van der Waals surface area contributed by atoms with Crippen molar-refractivity contribution in [2.45, 2.75) is 37.9 Å². The summed E-state index contributed by atoms with van der Waals surface area (Å²) < 4.78 is 0. The quantitative estimate of drug-likeness (QED) is 0.693. The largest absolute Gasteiger partial charge is 0.298 e. The zero-order chi connectivity index (χ0) is 13.0. The van der Waals surface area contributed by atoms with Crippen molar-refractivity contribution in [1.29, 1.82) is 0 Å². The number of hydrogen-bond donors (Lipinski definition) is 0. The molecular formula is C13H15BrCl2O. The maximum absolute atomic E-state index is 11.7. The van der Waals surface area contributed by atoms with Gasteiger partial charge < -0.3 is 0 Å². The van der Waals surface area contributed by atoms with E-state index >= 15 is 0 Å². The lowest BCUT2D eigenvalue weighted by Crippen LogP contribution is -2.16. The molecular weight excluding hydrogens is 323 g/mol. The minimum atomic E-state index is -0.209. The van der Waals surface area contributed by atoms with Gasteiger partial charge in [-0.3, -0.25) is 4.79 Å². The fraction of sp³-hybridized carbons (Fsp3) is 0.462. The SMILES string of the molecule is CCCC(=O)C(Br)Cc1c(Cl)ccc(C)c1Cl. The van der Waals surface area contributed by atoms with Crippen LogP contribution in [0.3, 0.4) is 0 Å². The minimum Gasteiger partial charge on any atom is -0.298 e. The lowest BCUT2D eigenvalue weighted by molar-refractivity contribution is -0.118. The molecule has 1 aromatic carbocycles. The summed E-state index contributed by atoms with van der Waals surface area (Å²) in [5, 5.41) is 1.28. The number of rotatable bonds is 5. The Labute approximate surface area is 121 Å². The van der Waals surface area contributed by atoms with Gasteiger partial charge in [0.2, 0.25) is 0 Å². The van der Waals surface area contributed by atoms with E-state index in [9.17, 15) is 4.79 Å². The zero-order valence-electron chi connectivity index (χ0n) is 9.90. The van der Waals surface area contributed by atoms with E-state index in [2.05, 4.69) is 15.9 Å². The Balaban J connectivity index is 2.88. The van der Waals surface area contributed by atoms with Crippen LogP contribution < -0.4 is 0 Å². The fourth-order valence-electron chi connectivity index (χ4n) is 1.60. The van der Waals surface area contributed by atoms with Crippen molar-refractivity contribution >= 4 is 44.9 Å². The third-order valence-corrected chi connectivity index (χ3v) is 4.32. The van der Waals surface area contributed by atoms with Gasteiger partial charge in [0.25, 0.3) is 0 Å². The summed E-state index contributed by atoms with van der Waals surface area (Å²) in [4.78, 5) is 11.5. The average Bonchev–Trinajstić information content (AvgIpc) is 2.29. The van der Waals surface area contributed by atoms with Crippen LogP contribution in [-0.4, -0.2) is 10.6 Å². The molecule has 1 nitrogen and oxygen atoms in total. The molecule has 94 valence electrons. The van der Waals surface area contributed by atoms with E-state index in [1.54, 1.807) is 0 Å². The molecule has 0 heterocycles. The van der Waals surface area contributed by atoms with E-state index in [1.807, 2.05) is 26.0 Å². The lowest BCUT2D eigenvalue weighted by Gasteiger charge is -2.13. The average molecular weight is 338 g/mol. The number of Topliss-reactive ketones (excluding diaryl/α,β-unsaturated/α-hetero) is 1. The molecule has 0 saturated heterocycles. The van der Waals surface area contributed by atoms with E-state index in [0.29, 0.717) is 22.9 Å². The smallest absolute Gasteiger partial charge is 0.146 e. The van der Waals surface area contributed by atoms with Gasteiger partial charge in [0, 0.05) is 16.5 Å². The van der Waals surface area contributed by atoms with Crippen LogP contribution in [-0.2, 0) is 11.2 Å². The molecule has 0 aromatic heterocycles. The molecule has 17 heavy (non-hydrogen) atoms. The topological polar surface area (TPSA) is 17.1 Å².